The van der Waals surface area contributed by atoms with Gasteiger partial charge < -0.3 is 10.0 Å². The van der Waals surface area contributed by atoms with Crippen LogP contribution in [0.2, 0.25) is 0 Å². The Morgan fingerprint density at radius 1 is 1.47 bits per heavy atom. The number of hydrogen-bond acceptors (Lipinski definition) is 3. The molecule has 0 atom stereocenters. The number of aromatic nitrogens is 1. The molecule has 17 heavy (non-hydrogen) atoms. The second kappa shape index (κ2) is 6.34. The molecule has 0 spiro atoms. The van der Waals surface area contributed by atoms with E-state index in [1.54, 1.807) is 19.2 Å². The van der Waals surface area contributed by atoms with E-state index in [2.05, 4.69) is 20.9 Å². The zero-order valence-electron chi connectivity index (χ0n) is 9.39. The Balaban J connectivity index is 2.51. The second-order valence-electron chi connectivity index (χ2n) is 3.59. The molecule has 0 aliphatic carbocycles. The fraction of sp³-hybridized carbons (Fsp3) is 0.364. The topological polar surface area (TPSA) is 70.5 Å². The van der Waals surface area contributed by atoms with Gasteiger partial charge in [0.2, 0.25) is 0 Å². The molecule has 1 aromatic heterocycles. The van der Waals surface area contributed by atoms with E-state index < -0.39 is 5.97 Å². The number of nitrogens with zero attached hydrogens (tertiary/aromatic N) is 2. The lowest BCUT2D eigenvalue weighted by Crippen LogP contribution is -2.28. The molecule has 0 unspecified atom stereocenters. The lowest BCUT2D eigenvalue weighted by Gasteiger charge is -2.16. The van der Waals surface area contributed by atoms with Crippen molar-refractivity contribution in [2.24, 2.45) is 0 Å². The Morgan fingerprint density at radius 2 is 2.18 bits per heavy atom. The summed E-state index contributed by atoms with van der Waals surface area (Å²) in [6.45, 7) is 0.418. The van der Waals surface area contributed by atoms with E-state index in [0.29, 0.717) is 23.1 Å². The number of carboxylic acid groups (broad SMARTS) is 1. The fourth-order valence-electron chi connectivity index (χ4n) is 1.29. The lowest BCUT2D eigenvalue weighted by atomic mass is 10.2. The summed E-state index contributed by atoms with van der Waals surface area (Å²) in [6, 6.07) is 3.37. The van der Waals surface area contributed by atoms with Crippen LogP contribution < -0.4 is 0 Å². The average molecular weight is 301 g/mol. The van der Waals surface area contributed by atoms with E-state index in [-0.39, 0.29) is 12.3 Å². The van der Waals surface area contributed by atoms with E-state index in [4.69, 9.17) is 5.11 Å². The van der Waals surface area contributed by atoms with E-state index in [0.717, 1.165) is 0 Å². The van der Waals surface area contributed by atoms with E-state index in [9.17, 15) is 9.59 Å². The molecule has 92 valence electrons. The highest BCUT2D eigenvalue weighted by molar-refractivity contribution is 9.10. The minimum atomic E-state index is -0.851. The summed E-state index contributed by atoms with van der Waals surface area (Å²) in [5.41, 5.74) is 0.492. The van der Waals surface area contributed by atoms with Gasteiger partial charge in [0.1, 0.15) is 4.60 Å². The van der Waals surface area contributed by atoms with Crippen LogP contribution in [0.5, 0.6) is 0 Å². The van der Waals surface area contributed by atoms with Crippen molar-refractivity contribution in [1.82, 2.24) is 9.88 Å². The first-order chi connectivity index (χ1) is 8.00. The Kier molecular flexibility index (Phi) is 5.09. The number of rotatable bonds is 5. The third-order valence-corrected chi connectivity index (χ3v) is 2.67. The minimum Gasteiger partial charge on any atom is -0.481 e. The van der Waals surface area contributed by atoms with Gasteiger partial charge in [0, 0.05) is 26.2 Å². The Labute approximate surface area is 108 Å². The number of aliphatic carboxylic acids is 1. The van der Waals surface area contributed by atoms with Crippen LogP contribution in [0.15, 0.2) is 22.9 Å². The molecule has 0 bridgehead atoms. The molecule has 0 saturated carbocycles. The van der Waals surface area contributed by atoms with E-state index >= 15 is 0 Å². The monoisotopic (exact) mass is 300 g/mol. The number of hydrogen-bond donors (Lipinski definition) is 1. The van der Waals surface area contributed by atoms with Crippen molar-refractivity contribution >= 4 is 27.8 Å². The minimum absolute atomic E-state index is 0.0657. The summed E-state index contributed by atoms with van der Waals surface area (Å²) in [5.74, 6) is -1.01. The van der Waals surface area contributed by atoms with Crippen molar-refractivity contribution in [1.29, 1.82) is 0 Å². The van der Waals surface area contributed by atoms with Crippen molar-refractivity contribution in [2.75, 3.05) is 13.6 Å². The van der Waals surface area contributed by atoms with Gasteiger partial charge in [-0.25, -0.2) is 4.98 Å². The maximum atomic E-state index is 11.9. The van der Waals surface area contributed by atoms with Gasteiger partial charge in [-0.1, -0.05) is 0 Å². The number of carbonyl (C=O) groups is 2. The van der Waals surface area contributed by atoms with Crippen LogP contribution >= 0.6 is 15.9 Å². The maximum absolute atomic E-state index is 11.9. The van der Waals surface area contributed by atoms with Gasteiger partial charge in [-0.2, -0.15) is 0 Å². The summed E-state index contributed by atoms with van der Waals surface area (Å²) in [4.78, 5) is 27.7. The molecule has 5 nitrogen and oxygen atoms in total. The van der Waals surface area contributed by atoms with Crippen LogP contribution in [0.3, 0.4) is 0 Å². The van der Waals surface area contributed by atoms with Gasteiger partial charge in [0.15, 0.2) is 0 Å². The highest BCUT2D eigenvalue weighted by Gasteiger charge is 2.11. The number of carbonyl (C=O) groups excluding carboxylic acids is 1. The predicted molar refractivity (Wildman–Crippen MR) is 65.8 cm³/mol. The molecule has 0 fully saturated rings. The first-order valence-corrected chi connectivity index (χ1v) is 5.89. The fourth-order valence-corrected chi connectivity index (χ4v) is 1.53. The highest BCUT2D eigenvalue weighted by atomic mass is 79.9. The molecular formula is C11H13BrN2O3. The van der Waals surface area contributed by atoms with Crippen LogP contribution in [0.25, 0.3) is 0 Å². The summed E-state index contributed by atoms with van der Waals surface area (Å²) in [7, 11) is 1.65. The SMILES string of the molecule is CN(CCCC(=O)O)C(=O)c1ccc(Br)nc1. The molecule has 0 aliphatic heterocycles. The normalized spacial score (nSPS) is 10.0. The predicted octanol–water partition coefficient (Wildman–Crippen LogP) is 1.78. The van der Waals surface area contributed by atoms with Crippen LogP contribution in [0.4, 0.5) is 0 Å². The smallest absolute Gasteiger partial charge is 0.303 e. The van der Waals surface area contributed by atoms with Gasteiger partial charge in [-0.3, -0.25) is 9.59 Å². The highest BCUT2D eigenvalue weighted by Crippen LogP contribution is 2.08. The van der Waals surface area contributed by atoms with E-state index in [1.807, 2.05) is 0 Å². The van der Waals surface area contributed by atoms with Gasteiger partial charge in [0.05, 0.1) is 5.56 Å². The van der Waals surface area contributed by atoms with Crippen LogP contribution in [-0.2, 0) is 4.79 Å². The third-order valence-electron chi connectivity index (χ3n) is 2.21. The van der Waals surface area contributed by atoms with Crippen LogP contribution in [0.1, 0.15) is 23.2 Å². The number of amides is 1. The molecule has 1 N–H and O–H groups in total. The second-order valence-corrected chi connectivity index (χ2v) is 4.41. The number of carboxylic acids is 1. The molecule has 1 heterocycles. The quantitative estimate of drug-likeness (QED) is 0.842. The van der Waals surface area contributed by atoms with Gasteiger partial charge >= 0.3 is 5.97 Å². The summed E-state index contributed by atoms with van der Waals surface area (Å²) >= 11 is 3.19. The Hall–Kier alpha value is -1.43. The Morgan fingerprint density at radius 3 is 2.71 bits per heavy atom. The van der Waals surface area contributed by atoms with Crippen molar-refractivity contribution in [3.05, 3.63) is 28.5 Å². The van der Waals surface area contributed by atoms with Crippen molar-refractivity contribution < 1.29 is 14.7 Å². The van der Waals surface area contributed by atoms with Gasteiger partial charge in [-0.15, -0.1) is 0 Å². The standard InChI is InChI=1S/C11H13BrN2O3/c1-14(6-2-3-10(15)16)11(17)8-4-5-9(12)13-7-8/h4-5,7H,2-3,6H2,1H3,(H,15,16). The number of pyridine rings is 1. The molecule has 1 aromatic rings. The molecule has 0 radical (unpaired) electrons. The molecule has 0 aromatic carbocycles. The molecular weight excluding hydrogens is 288 g/mol. The third kappa shape index (κ3) is 4.52. The molecule has 1 amide bonds. The molecule has 0 saturated heterocycles. The van der Waals surface area contributed by atoms with Crippen LogP contribution in [0, 0.1) is 0 Å². The van der Waals surface area contributed by atoms with Crippen molar-refractivity contribution in [2.45, 2.75) is 12.8 Å². The lowest BCUT2D eigenvalue weighted by molar-refractivity contribution is -0.137. The summed E-state index contributed by atoms with van der Waals surface area (Å²) in [5, 5.41) is 8.49. The summed E-state index contributed by atoms with van der Waals surface area (Å²) in [6.07, 6.45) is 2.00. The number of halogens is 1. The first-order valence-electron chi connectivity index (χ1n) is 5.09. The first kappa shape index (κ1) is 13.6. The van der Waals surface area contributed by atoms with Crippen molar-refractivity contribution in [3.8, 4) is 0 Å². The van der Waals surface area contributed by atoms with Crippen molar-refractivity contribution in [3.63, 3.8) is 0 Å². The Bertz CT molecular complexity index is 406. The largest absolute Gasteiger partial charge is 0.481 e. The zero-order valence-corrected chi connectivity index (χ0v) is 11.0. The molecule has 6 heteroatoms. The molecule has 0 aliphatic rings. The zero-order chi connectivity index (χ0) is 12.8. The van der Waals surface area contributed by atoms with Gasteiger partial charge in [0.25, 0.3) is 5.91 Å². The molecule has 1 rings (SSSR count). The van der Waals surface area contributed by atoms with Crippen LogP contribution in [-0.4, -0.2) is 40.5 Å². The van der Waals surface area contributed by atoms with Gasteiger partial charge in [-0.05, 0) is 34.5 Å². The average Bonchev–Trinajstić information content (AvgIpc) is 2.28. The van der Waals surface area contributed by atoms with E-state index in [1.165, 1.54) is 11.1 Å². The maximum Gasteiger partial charge on any atom is 0.303 e. The summed E-state index contributed by atoms with van der Waals surface area (Å²) < 4.78 is 0.669.